The summed E-state index contributed by atoms with van der Waals surface area (Å²) < 4.78 is 15.2. The summed E-state index contributed by atoms with van der Waals surface area (Å²) >= 11 is 0. The third-order valence-corrected chi connectivity index (χ3v) is 3.91. The zero-order valence-corrected chi connectivity index (χ0v) is 15.0. The second kappa shape index (κ2) is 9.04. The molecule has 1 atom stereocenters. The summed E-state index contributed by atoms with van der Waals surface area (Å²) in [5.74, 6) is 0.297. The van der Waals surface area contributed by atoms with Crippen LogP contribution in [0.4, 0.5) is 4.79 Å². The topological polar surface area (TPSA) is 106 Å². The van der Waals surface area contributed by atoms with Gasteiger partial charge in [-0.15, -0.1) is 0 Å². The number of rotatable bonds is 9. The zero-order valence-electron chi connectivity index (χ0n) is 15.0. The standard InChI is InChI=1S/C17H23N3O6/c1-24-7-6-18-15(21)9-12-16(22)20(17(23)19-12)10-11-4-5-13(25-2)14(8-11)26-3/h4-5,8,12H,6-7,9-10H2,1-3H3,(H,18,21)(H,19,23). The quantitative estimate of drug-likeness (QED) is 0.481. The second-order valence-electron chi connectivity index (χ2n) is 5.66. The summed E-state index contributed by atoms with van der Waals surface area (Å²) in [4.78, 5) is 37.5. The van der Waals surface area contributed by atoms with E-state index in [9.17, 15) is 14.4 Å². The lowest BCUT2D eigenvalue weighted by Gasteiger charge is -2.15. The molecule has 142 valence electrons. The van der Waals surface area contributed by atoms with Crippen molar-refractivity contribution in [2.24, 2.45) is 0 Å². The number of carbonyl (C=O) groups excluding carboxylic acids is 3. The number of urea groups is 1. The first-order valence-corrected chi connectivity index (χ1v) is 8.08. The monoisotopic (exact) mass is 365 g/mol. The van der Waals surface area contributed by atoms with Crippen molar-refractivity contribution in [3.05, 3.63) is 23.8 Å². The van der Waals surface area contributed by atoms with Crippen LogP contribution in [0.25, 0.3) is 0 Å². The minimum Gasteiger partial charge on any atom is -0.493 e. The lowest BCUT2D eigenvalue weighted by Crippen LogP contribution is -2.37. The molecule has 0 spiro atoms. The van der Waals surface area contributed by atoms with Crippen LogP contribution >= 0.6 is 0 Å². The van der Waals surface area contributed by atoms with E-state index in [0.717, 1.165) is 4.90 Å². The molecule has 0 bridgehead atoms. The Morgan fingerprint density at radius 3 is 2.58 bits per heavy atom. The van der Waals surface area contributed by atoms with E-state index in [1.165, 1.54) is 21.3 Å². The van der Waals surface area contributed by atoms with Crippen molar-refractivity contribution in [2.75, 3.05) is 34.5 Å². The predicted molar refractivity (Wildman–Crippen MR) is 91.9 cm³/mol. The Morgan fingerprint density at radius 2 is 1.92 bits per heavy atom. The third kappa shape index (κ3) is 4.63. The molecule has 1 saturated heterocycles. The summed E-state index contributed by atoms with van der Waals surface area (Å²) in [6.45, 7) is 0.800. The van der Waals surface area contributed by atoms with E-state index in [2.05, 4.69) is 10.6 Å². The number of nitrogens with zero attached hydrogens (tertiary/aromatic N) is 1. The van der Waals surface area contributed by atoms with Gasteiger partial charge in [-0.2, -0.15) is 0 Å². The molecule has 1 unspecified atom stereocenters. The highest BCUT2D eigenvalue weighted by Gasteiger charge is 2.39. The number of hydrogen-bond acceptors (Lipinski definition) is 6. The second-order valence-corrected chi connectivity index (χ2v) is 5.66. The molecular weight excluding hydrogens is 342 g/mol. The van der Waals surface area contributed by atoms with Crippen LogP contribution in [0.2, 0.25) is 0 Å². The fourth-order valence-corrected chi connectivity index (χ4v) is 2.58. The van der Waals surface area contributed by atoms with Gasteiger partial charge < -0.3 is 24.8 Å². The molecule has 1 heterocycles. The van der Waals surface area contributed by atoms with Crippen LogP contribution in [0.5, 0.6) is 11.5 Å². The van der Waals surface area contributed by atoms with Crippen molar-refractivity contribution in [3.63, 3.8) is 0 Å². The van der Waals surface area contributed by atoms with Crippen LogP contribution in [0, 0.1) is 0 Å². The SMILES string of the molecule is COCCNC(=O)CC1NC(=O)N(Cc2ccc(OC)c(OC)c2)C1=O. The molecule has 1 aliphatic rings. The molecule has 1 fully saturated rings. The third-order valence-electron chi connectivity index (χ3n) is 3.91. The van der Waals surface area contributed by atoms with Crippen molar-refractivity contribution in [1.29, 1.82) is 0 Å². The molecule has 2 rings (SSSR count). The highest BCUT2D eigenvalue weighted by molar-refractivity contribution is 6.05. The normalized spacial score (nSPS) is 16.4. The van der Waals surface area contributed by atoms with Crippen LogP contribution in [-0.2, 0) is 20.9 Å². The first kappa shape index (κ1) is 19.5. The molecule has 0 radical (unpaired) electrons. The lowest BCUT2D eigenvalue weighted by atomic mass is 10.1. The Labute approximate surface area is 151 Å². The fourth-order valence-electron chi connectivity index (χ4n) is 2.58. The minimum absolute atomic E-state index is 0.0762. The number of carbonyl (C=O) groups is 3. The number of benzene rings is 1. The number of hydrogen-bond donors (Lipinski definition) is 2. The Hall–Kier alpha value is -2.81. The van der Waals surface area contributed by atoms with Crippen LogP contribution in [-0.4, -0.2) is 63.3 Å². The van der Waals surface area contributed by atoms with E-state index in [1.54, 1.807) is 18.2 Å². The van der Waals surface area contributed by atoms with E-state index in [-0.39, 0.29) is 18.9 Å². The molecule has 0 saturated carbocycles. The van der Waals surface area contributed by atoms with Crippen LogP contribution < -0.4 is 20.1 Å². The maximum atomic E-state index is 12.4. The molecule has 0 aromatic heterocycles. The molecular formula is C17H23N3O6. The van der Waals surface area contributed by atoms with Crippen molar-refractivity contribution in [1.82, 2.24) is 15.5 Å². The van der Waals surface area contributed by atoms with E-state index < -0.39 is 18.0 Å². The Kier molecular flexibility index (Phi) is 6.79. The summed E-state index contributed by atoms with van der Waals surface area (Å²) in [5, 5.41) is 5.16. The van der Waals surface area contributed by atoms with Gasteiger partial charge in [-0.05, 0) is 17.7 Å². The van der Waals surface area contributed by atoms with Crippen molar-refractivity contribution in [3.8, 4) is 11.5 Å². The van der Waals surface area contributed by atoms with E-state index in [0.29, 0.717) is 30.2 Å². The average Bonchev–Trinajstić information content (AvgIpc) is 2.89. The fraction of sp³-hybridized carbons (Fsp3) is 0.471. The minimum atomic E-state index is -0.870. The molecule has 9 nitrogen and oxygen atoms in total. The Bertz CT molecular complexity index is 678. The van der Waals surface area contributed by atoms with Gasteiger partial charge >= 0.3 is 6.03 Å². The highest BCUT2D eigenvalue weighted by Crippen LogP contribution is 2.28. The van der Waals surface area contributed by atoms with Gasteiger partial charge in [-0.25, -0.2) is 4.79 Å². The number of imide groups is 1. The molecule has 1 aromatic rings. The van der Waals surface area contributed by atoms with E-state index >= 15 is 0 Å². The number of nitrogens with one attached hydrogen (secondary N) is 2. The molecule has 0 aliphatic carbocycles. The zero-order chi connectivity index (χ0) is 19.1. The number of methoxy groups -OCH3 is 3. The molecule has 1 aromatic carbocycles. The number of amides is 4. The Balaban J connectivity index is 1.99. The van der Waals surface area contributed by atoms with Gasteiger partial charge in [0, 0.05) is 13.7 Å². The highest BCUT2D eigenvalue weighted by atomic mass is 16.5. The summed E-state index contributed by atoms with van der Waals surface area (Å²) in [6.07, 6.45) is -0.114. The van der Waals surface area contributed by atoms with Gasteiger partial charge in [0.15, 0.2) is 11.5 Å². The number of ether oxygens (including phenoxy) is 3. The van der Waals surface area contributed by atoms with Gasteiger partial charge in [-0.1, -0.05) is 6.07 Å². The van der Waals surface area contributed by atoms with Crippen molar-refractivity contribution >= 4 is 17.8 Å². The summed E-state index contributed by atoms with van der Waals surface area (Å²) in [5.41, 5.74) is 0.705. The van der Waals surface area contributed by atoms with Crippen LogP contribution in [0.3, 0.4) is 0 Å². The van der Waals surface area contributed by atoms with Gasteiger partial charge in [0.25, 0.3) is 5.91 Å². The summed E-state index contributed by atoms with van der Waals surface area (Å²) in [7, 11) is 4.56. The lowest BCUT2D eigenvalue weighted by molar-refractivity contribution is -0.131. The van der Waals surface area contributed by atoms with Crippen molar-refractivity contribution in [2.45, 2.75) is 19.0 Å². The van der Waals surface area contributed by atoms with Crippen LogP contribution in [0.15, 0.2) is 18.2 Å². The molecule has 9 heteroatoms. The van der Waals surface area contributed by atoms with Crippen molar-refractivity contribution < 1.29 is 28.6 Å². The first-order chi connectivity index (χ1) is 12.5. The van der Waals surface area contributed by atoms with Gasteiger partial charge in [0.2, 0.25) is 5.91 Å². The van der Waals surface area contributed by atoms with Gasteiger partial charge in [0.05, 0.1) is 33.8 Å². The van der Waals surface area contributed by atoms with Gasteiger partial charge in [-0.3, -0.25) is 14.5 Å². The maximum absolute atomic E-state index is 12.4. The molecule has 2 N–H and O–H groups in total. The largest absolute Gasteiger partial charge is 0.493 e. The molecule has 4 amide bonds. The molecule has 26 heavy (non-hydrogen) atoms. The smallest absolute Gasteiger partial charge is 0.325 e. The van der Waals surface area contributed by atoms with E-state index in [4.69, 9.17) is 14.2 Å². The average molecular weight is 365 g/mol. The van der Waals surface area contributed by atoms with Gasteiger partial charge in [0.1, 0.15) is 6.04 Å². The predicted octanol–water partition coefficient (Wildman–Crippen LogP) is 0.277. The molecule has 1 aliphatic heterocycles. The van der Waals surface area contributed by atoms with Crippen LogP contribution in [0.1, 0.15) is 12.0 Å². The first-order valence-electron chi connectivity index (χ1n) is 8.08. The van der Waals surface area contributed by atoms with E-state index in [1.807, 2.05) is 0 Å². The summed E-state index contributed by atoms with van der Waals surface area (Å²) in [6, 6.07) is 3.74. The Morgan fingerprint density at radius 1 is 1.19 bits per heavy atom. The maximum Gasteiger partial charge on any atom is 0.325 e.